The first-order chi connectivity index (χ1) is 7.66. The summed E-state index contributed by atoms with van der Waals surface area (Å²) in [6.45, 7) is 5.09. The van der Waals surface area contributed by atoms with Crippen LogP contribution in [0.3, 0.4) is 0 Å². The minimum absolute atomic E-state index is 0.312. The molecule has 0 saturated heterocycles. The number of amides is 1. The van der Waals surface area contributed by atoms with Gasteiger partial charge < -0.3 is 15.0 Å². The Kier molecular flexibility index (Phi) is 4.12. The predicted octanol–water partition coefficient (Wildman–Crippen LogP) is 2.22. The third kappa shape index (κ3) is 2.94. The zero-order valence-electron chi connectivity index (χ0n) is 10.2. The van der Waals surface area contributed by atoms with Crippen molar-refractivity contribution in [1.29, 1.82) is 0 Å². The Hall–Kier alpha value is -0.710. The van der Waals surface area contributed by atoms with Gasteiger partial charge in [0.2, 0.25) is 0 Å². The molecule has 1 rings (SSSR count). The maximum atomic E-state index is 12.0. The van der Waals surface area contributed by atoms with E-state index >= 15 is 0 Å². The fraction of sp³-hybridized carbons (Fsp3) is 0.545. The second-order valence-electron chi connectivity index (χ2n) is 4.58. The molecule has 1 unspecified atom stereocenters. The third-order valence-electron chi connectivity index (χ3n) is 2.83. The van der Waals surface area contributed by atoms with Gasteiger partial charge in [0.05, 0.1) is 16.7 Å². The number of nitrogens with zero attached hydrogens (tertiary/aromatic N) is 1. The molecule has 1 atom stereocenters. The molecule has 0 radical (unpaired) electrons. The molecule has 0 aliphatic carbocycles. The fourth-order valence-corrected chi connectivity index (χ4v) is 1.60. The number of aliphatic hydroxyl groups is 1. The van der Waals surface area contributed by atoms with Crippen molar-refractivity contribution in [2.45, 2.75) is 32.4 Å². The van der Waals surface area contributed by atoms with Crippen molar-refractivity contribution in [3.05, 3.63) is 21.9 Å². The van der Waals surface area contributed by atoms with Gasteiger partial charge in [-0.15, -0.1) is 0 Å². The molecule has 0 saturated carbocycles. The largest absolute Gasteiger partial charge is 0.391 e. The number of halogens is 2. The Labute approximate surface area is 111 Å². The first-order valence-electron chi connectivity index (χ1n) is 5.18. The molecule has 17 heavy (non-hydrogen) atoms. The fourth-order valence-electron chi connectivity index (χ4n) is 1.22. The van der Waals surface area contributed by atoms with E-state index in [0.29, 0.717) is 15.9 Å². The Balaban J connectivity index is 2.95. The average molecular weight is 279 g/mol. The van der Waals surface area contributed by atoms with Crippen molar-refractivity contribution < 1.29 is 9.90 Å². The summed E-state index contributed by atoms with van der Waals surface area (Å²) in [5.41, 5.74) is -0.367. The molecule has 4 nitrogen and oxygen atoms in total. The van der Waals surface area contributed by atoms with E-state index in [1.807, 2.05) is 0 Å². The topological polar surface area (TPSA) is 54.3 Å². The van der Waals surface area contributed by atoms with Gasteiger partial charge in [0.25, 0.3) is 5.91 Å². The van der Waals surface area contributed by atoms with Crippen LogP contribution >= 0.6 is 23.2 Å². The summed E-state index contributed by atoms with van der Waals surface area (Å²) in [6.07, 6.45) is -0.669. The van der Waals surface area contributed by atoms with Gasteiger partial charge in [0.1, 0.15) is 10.8 Å². The first-order valence-corrected chi connectivity index (χ1v) is 5.93. The summed E-state index contributed by atoms with van der Waals surface area (Å²) in [6, 6.07) is 1.50. The molecule has 96 valence electrons. The Bertz CT molecular complexity index is 439. The van der Waals surface area contributed by atoms with Crippen LogP contribution in [0.25, 0.3) is 0 Å². The zero-order chi connectivity index (χ0) is 13.4. The molecule has 0 fully saturated rings. The molecule has 1 aromatic heterocycles. The van der Waals surface area contributed by atoms with Crippen molar-refractivity contribution >= 4 is 29.1 Å². The molecule has 1 aromatic rings. The maximum absolute atomic E-state index is 12.0. The minimum Gasteiger partial charge on any atom is -0.391 e. The molecule has 2 N–H and O–H groups in total. The zero-order valence-corrected chi connectivity index (χ0v) is 11.7. The number of hydrogen-bond donors (Lipinski definition) is 2. The average Bonchev–Trinajstić information content (AvgIpc) is 2.45. The van der Waals surface area contributed by atoms with E-state index in [4.69, 9.17) is 23.2 Å². The van der Waals surface area contributed by atoms with Crippen molar-refractivity contribution in [3.8, 4) is 0 Å². The van der Waals surface area contributed by atoms with Crippen LogP contribution in [0.2, 0.25) is 10.2 Å². The Morgan fingerprint density at radius 2 is 2.06 bits per heavy atom. The highest BCUT2D eigenvalue weighted by Crippen LogP contribution is 2.25. The second kappa shape index (κ2) is 4.88. The van der Waals surface area contributed by atoms with E-state index in [0.717, 1.165) is 0 Å². The lowest BCUT2D eigenvalue weighted by molar-refractivity contribution is 0.0703. The van der Waals surface area contributed by atoms with Crippen molar-refractivity contribution in [2.75, 3.05) is 0 Å². The van der Waals surface area contributed by atoms with E-state index in [9.17, 15) is 9.90 Å². The summed E-state index contributed by atoms with van der Waals surface area (Å²) < 4.78 is 1.50. The minimum atomic E-state index is -0.722. The van der Waals surface area contributed by atoms with Crippen molar-refractivity contribution in [3.63, 3.8) is 0 Å². The highest BCUT2D eigenvalue weighted by atomic mass is 35.5. The van der Waals surface area contributed by atoms with Gasteiger partial charge in [-0.25, -0.2) is 0 Å². The third-order valence-corrected chi connectivity index (χ3v) is 3.67. The number of rotatable bonds is 3. The normalized spacial score (nSPS) is 13.6. The lowest BCUT2D eigenvalue weighted by Gasteiger charge is -2.29. The summed E-state index contributed by atoms with van der Waals surface area (Å²) in [7, 11) is 1.65. The SMILES string of the molecule is CC(O)C(C)(C)NC(=O)c1cc(Cl)c(Cl)n1C. The molecule has 0 aromatic carbocycles. The van der Waals surface area contributed by atoms with Gasteiger partial charge in [-0.05, 0) is 26.8 Å². The molecule has 0 aliphatic rings. The van der Waals surface area contributed by atoms with Gasteiger partial charge in [-0.2, -0.15) is 0 Å². The monoisotopic (exact) mass is 278 g/mol. The maximum Gasteiger partial charge on any atom is 0.268 e. The Morgan fingerprint density at radius 3 is 2.41 bits per heavy atom. The molecule has 6 heteroatoms. The van der Waals surface area contributed by atoms with Crippen LogP contribution in [0.1, 0.15) is 31.3 Å². The number of aromatic nitrogens is 1. The summed E-state index contributed by atoms with van der Waals surface area (Å²) in [5.74, 6) is -0.327. The first kappa shape index (κ1) is 14.4. The summed E-state index contributed by atoms with van der Waals surface area (Å²) in [5, 5.41) is 12.9. The van der Waals surface area contributed by atoms with Crippen LogP contribution in [0.15, 0.2) is 6.07 Å². The van der Waals surface area contributed by atoms with Gasteiger partial charge in [0, 0.05) is 7.05 Å². The quantitative estimate of drug-likeness (QED) is 0.891. The van der Waals surface area contributed by atoms with Crippen LogP contribution in [0.5, 0.6) is 0 Å². The highest BCUT2D eigenvalue weighted by Gasteiger charge is 2.28. The predicted molar refractivity (Wildman–Crippen MR) is 68.7 cm³/mol. The van der Waals surface area contributed by atoms with E-state index in [-0.39, 0.29) is 5.91 Å². The molecule has 0 bridgehead atoms. The molecular formula is C11H16Cl2N2O2. The van der Waals surface area contributed by atoms with Crippen LogP contribution < -0.4 is 5.32 Å². The number of carbonyl (C=O) groups excluding carboxylic acids is 1. The molecule has 0 aliphatic heterocycles. The van der Waals surface area contributed by atoms with E-state index in [1.165, 1.54) is 10.6 Å². The van der Waals surface area contributed by atoms with Gasteiger partial charge >= 0.3 is 0 Å². The second-order valence-corrected chi connectivity index (χ2v) is 5.34. The van der Waals surface area contributed by atoms with E-state index in [2.05, 4.69) is 5.32 Å². The number of hydrogen-bond acceptors (Lipinski definition) is 2. The van der Waals surface area contributed by atoms with Gasteiger partial charge in [-0.3, -0.25) is 4.79 Å². The summed E-state index contributed by atoms with van der Waals surface area (Å²) in [4.78, 5) is 12.0. The van der Waals surface area contributed by atoms with Crippen LogP contribution in [0, 0.1) is 0 Å². The number of aliphatic hydroxyl groups excluding tert-OH is 1. The van der Waals surface area contributed by atoms with Crippen molar-refractivity contribution in [2.24, 2.45) is 7.05 Å². The lowest BCUT2D eigenvalue weighted by atomic mass is 9.98. The standard InChI is InChI=1S/C11H16Cl2N2O2/c1-6(16)11(2,3)14-10(17)8-5-7(12)9(13)15(8)4/h5-6,16H,1-4H3,(H,14,17). The van der Waals surface area contributed by atoms with Crippen LogP contribution in [0.4, 0.5) is 0 Å². The molecule has 1 amide bonds. The highest BCUT2D eigenvalue weighted by molar-refractivity contribution is 6.41. The van der Waals surface area contributed by atoms with E-state index in [1.54, 1.807) is 27.8 Å². The van der Waals surface area contributed by atoms with Crippen LogP contribution in [-0.4, -0.2) is 27.2 Å². The lowest BCUT2D eigenvalue weighted by Crippen LogP contribution is -2.51. The van der Waals surface area contributed by atoms with E-state index < -0.39 is 11.6 Å². The Morgan fingerprint density at radius 1 is 1.53 bits per heavy atom. The summed E-state index contributed by atoms with van der Waals surface area (Å²) >= 11 is 11.7. The van der Waals surface area contributed by atoms with Gasteiger partial charge in [-0.1, -0.05) is 23.2 Å². The molecule has 0 spiro atoms. The smallest absolute Gasteiger partial charge is 0.268 e. The van der Waals surface area contributed by atoms with Gasteiger partial charge in [0.15, 0.2) is 0 Å². The molecule has 1 heterocycles. The molecular weight excluding hydrogens is 263 g/mol. The van der Waals surface area contributed by atoms with Crippen molar-refractivity contribution in [1.82, 2.24) is 9.88 Å². The van der Waals surface area contributed by atoms with Crippen LogP contribution in [-0.2, 0) is 7.05 Å². The number of nitrogens with one attached hydrogen (secondary N) is 1. The number of carbonyl (C=O) groups is 1.